The maximum absolute atomic E-state index is 12.1. The molecule has 140 valence electrons. The Hall–Kier alpha value is -2.59. The van der Waals surface area contributed by atoms with Crippen molar-refractivity contribution in [1.29, 1.82) is 0 Å². The summed E-state index contributed by atoms with van der Waals surface area (Å²) in [7, 11) is -4.06. The number of carbonyl (C=O) groups is 2. The van der Waals surface area contributed by atoms with Crippen LogP contribution in [0.2, 0.25) is 5.02 Å². The Bertz CT molecular complexity index is 853. The van der Waals surface area contributed by atoms with Crippen molar-refractivity contribution in [2.45, 2.75) is 24.3 Å². The number of nitrogens with one attached hydrogen (secondary N) is 4. The van der Waals surface area contributed by atoms with Crippen LogP contribution in [0.5, 0.6) is 0 Å². The predicted octanol–water partition coefficient (Wildman–Crippen LogP) is 0.798. The van der Waals surface area contributed by atoms with Crippen LogP contribution in [0.4, 0.5) is 4.79 Å². The summed E-state index contributed by atoms with van der Waals surface area (Å²) >= 11 is 5.70. The van der Waals surface area contributed by atoms with Crippen molar-refractivity contribution < 1.29 is 18.0 Å². The second-order valence-electron chi connectivity index (χ2n) is 5.37. The van der Waals surface area contributed by atoms with Crippen molar-refractivity contribution in [2.24, 2.45) is 0 Å². The largest absolute Gasteiger partial charge is 0.354 e. The molecule has 0 saturated carbocycles. The van der Waals surface area contributed by atoms with E-state index in [1.165, 1.54) is 37.5 Å². The van der Waals surface area contributed by atoms with Gasteiger partial charge in [0.15, 0.2) is 0 Å². The number of aromatic nitrogens is 2. The van der Waals surface area contributed by atoms with Gasteiger partial charge in [-0.05, 0) is 31.2 Å². The molecule has 1 heterocycles. The van der Waals surface area contributed by atoms with Crippen LogP contribution in [-0.4, -0.2) is 42.9 Å². The Morgan fingerprint density at radius 2 is 1.96 bits per heavy atom. The second-order valence-corrected chi connectivity index (χ2v) is 7.49. The number of urea groups is 1. The number of nitrogens with zero attached hydrogens (tertiary/aromatic N) is 1. The molecule has 0 aliphatic heterocycles. The Labute approximate surface area is 155 Å². The van der Waals surface area contributed by atoms with Crippen LogP contribution in [0, 0.1) is 0 Å². The first-order valence-corrected chi connectivity index (χ1v) is 9.48. The third kappa shape index (κ3) is 5.74. The van der Waals surface area contributed by atoms with Crippen LogP contribution in [0.15, 0.2) is 41.7 Å². The van der Waals surface area contributed by atoms with Crippen LogP contribution in [0.3, 0.4) is 0 Å². The molecule has 1 atom stereocenters. The normalized spacial score (nSPS) is 12.2. The number of imidazole rings is 1. The van der Waals surface area contributed by atoms with E-state index in [2.05, 4.69) is 20.6 Å². The smallest absolute Gasteiger partial charge is 0.329 e. The fourth-order valence-corrected chi connectivity index (χ4v) is 3.02. The first-order chi connectivity index (χ1) is 12.3. The SMILES string of the molecule is C[C@H](NC(=O)NS(=O)(=O)c1ccc(Cl)cc1)C(=O)NCCc1cnc[nH]1. The van der Waals surface area contributed by atoms with E-state index in [9.17, 15) is 18.0 Å². The Balaban J connectivity index is 1.81. The average Bonchev–Trinajstić information content (AvgIpc) is 3.07. The lowest BCUT2D eigenvalue weighted by molar-refractivity contribution is -0.122. The summed E-state index contributed by atoms with van der Waals surface area (Å²) in [6.45, 7) is 1.79. The predicted molar refractivity (Wildman–Crippen MR) is 95.1 cm³/mol. The highest BCUT2D eigenvalue weighted by molar-refractivity contribution is 7.90. The zero-order valence-corrected chi connectivity index (χ0v) is 15.4. The van der Waals surface area contributed by atoms with Crippen LogP contribution in [0.25, 0.3) is 0 Å². The molecule has 0 fully saturated rings. The number of sulfonamides is 1. The van der Waals surface area contributed by atoms with Gasteiger partial charge in [0.2, 0.25) is 5.91 Å². The monoisotopic (exact) mass is 399 g/mol. The van der Waals surface area contributed by atoms with Gasteiger partial charge in [-0.2, -0.15) is 0 Å². The second kappa shape index (κ2) is 8.68. The average molecular weight is 400 g/mol. The molecule has 26 heavy (non-hydrogen) atoms. The van der Waals surface area contributed by atoms with Gasteiger partial charge >= 0.3 is 6.03 Å². The molecular formula is C15H18ClN5O4S. The van der Waals surface area contributed by atoms with Crippen molar-refractivity contribution in [3.05, 3.63) is 47.5 Å². The van der Waals surface area contributed by atoms with Gasteiger partial charge in [-0.25, -0.2) is 22.9 Å². The lowest BCUT2D eigenvalue weighted by atomic mass is 10.3. The molecule has 1 aromatic heterocycles. The number of rotatable bonds is 7. The molecule has 2 aromatic rings. The third-order valence-electron chi connectivity index (χ3n) is 3.34. The lowest BCUT2D eigenvalue weighted by Crippen LogP contribution is -2.49. The van der Waals surface area contributed by atoms with E-state index in [1.807, 2.05) is 4.72 Å². The maximum Gasteiger partial charge on any atom is 0.329 e. The van der Waals surface area contributed by atoms with E-state index in [0.29, 0.717) is 18.0 Å². The molecule has 0 aliphatic carbocycles. The standard InChI is InChI=1S/C15H18ClN5O4S/c1-10(14(22)18-7-6-12-8-17-9-19-12)20-15(23)21-26(24,25)13-4-2-11(16)3-5-13/h2-5,8-10H,6-7H2,1H3,(H,17,19)(H,18,22)(H2,20,21,23)/t10-/m0/s1. The number of aromatic amines is 1. The number of H-pyrrole nitrogens is 1. The summed E-state index contributed by atoms with van der Waals surface area (Å²) in [4.78, 5) is 30.4. The van der Waals surface area contributed by atoms with Gasteiger partial charge in [0.25, 0.3) is 10.0 Å². The van der Waals surface area contributed by atoms with E-state index < -0.39 is 28.0 Å². The van der Waals surface area contributed by atoms with E-state index in [0.717, 1.165) is 5.69 Å². The van der Waals surface area contributed by atoms with E-state index >= 15 is 0 Å². The quantitative estimate of drug-likeness (QED) is 0.546. The summed E-state index contributed by atoms with van der Waals surface area (Å²) in [6.07, 6.45) is 3.73. The Kier molecular flexibility index (Phi) is 6.58. The van der Waals surface area contributed by atoms with Crippen LogP contribution < -0.4 is 15.4 Å². The van der Waals surface area contributed by atoms with Crippen molar-refractivity contribution in [1.82, 2.24) is 25.3 Å². The van der Waals surface area contributed by atoms with Gasteiger partial charge in [-0.15, -0.1) is 0 Å². The molecule has 9 nitrogen and oxygen atoms in total. The minimum atomic E-state index is -4.06. The van der Waals surface area contributed by atoms with Gasteiger partial charge < -0.3 is 15.6 Å². The highest BCUT2D eigenvalue weighted by Gasteiger charge is 2.21. The van der Waals surface area contributed by atoms with Crippen molar-refractivity contribution >= 4 is 33.6 Å². The van der Waals surface area contributed by atoms with E-state index in [1.54, 1.807) is 6.20 Å². The fraction of sp³-hybridized carbons (Fsp3) is 0.267. The number of hydrogen-bond donors (Lipinski definition) is 4. The maximum atomic E-state index is 12.1. The summed E-state index contributed by atoms with van der Waals surface area (Å²) in [5.41, 5.74) is 0.859. The number of amides is 3. The third-order valence-corrected chi connectivity index (χ3v) is 4.94. The topological polar surface area (TPSA) is 133 Å². The lowest BCUT2D eigenvalue weighted by Gasteiger charge is -2.15. The van der Waals surface area contributed by atoms with E-state index in [4.69, 9.17) is 11.6 Å². The summed E-state index contributed by atoms with van der Waals surface area (Å²) in [5.74, 6) is -0.441. The molecule has 2 rings (SSSR count). The minimum absolute atomic E-state index is 0.117. The number of halogens is 1. The molecule has 0 radical (unpaired) electrons. The molecule has 0 unspecified atom stereocenters. The molecule has 0 aliphatic rings. The minimum Gasteiger partial charge on any atom is -0.354 e. The zero-order valence-electron chi connectivity index (χ0n) is 13.8. The zero-order chi connectivity index (χ0) is 19.2. The molecule has 11 heteroatoms. The molecule has 3 amide bonds. The van der Waals surface area contributed by atoms with Gasteiger partial charge in [0, 0.05) is 29.9 Å². The van der Waals surface area contributed by atoms with Crippen LogP contribution in [0.1, 0.15) is 12.6 Å². The molecule has 0 saturated heterocycles. The van der Waals surface area contributed by atoms with Gasteiger partial charge in [0.1, 0.15) is 6.04 Å². The first-order valence-electron chi connectivity index (χ1n) is 7.62. The molecular weight excluding hydrogens is 382 g/mol. The van der Waals surface area contributed by atoms with Gasteiger partial charge in [0.05, 0.1) is 11.2 Å². The van der Waals surface area contributed by atoms with Crippen molar-refractivity contribution in [3.63, 3.8) is 0 Å². The number of benzene rings is 1. The van der Waals surface area contributed by atoms with Crippen LogP contribution >= 0.6 is 11.6 Å². The summed E-state index contributed by atoms with van der Waals surface area (Å²) in [5, 5.41) is 5.28. The molecule has 1 aromatic carbocycles. The van der Waals surface area contributed by atoms with Crippen LogP contribution in [-0.2, 0) is 21.2 Å². The molecule has 0 bridgehead atoms. The highest BCUT2D eigenvalue weighted by Crippen LogP contribution is 2.13. The Morgan fingerprint density at radius 3 is 2.58 bits per heavy atom. The fourth-order valence-electron chi connectivity index (χ4n) is 1.98. The van der Waals surface area contributed by atoms with Crippen molar-refractivity contribution in [3.8, 4) is 0 Å². The Morgan fingerprint density at radius 1 is 1.27 bits per heavy atom. The summed E-state index contributed by atoms with van der Waals surface area (Å²) in [6, 6.07) is 3.40. The van der Waals surface area contributed by atoms with E-state index in [-0.39, 0.29) is 4.90 Å². The molecule has 4 N–H and O–H groups in total. The highest BCUT2D eigenvalue weighted by atomic mass is 35.5. The summed E-state index contributed by atoms with van der Waals surface area (Å²) < 4.78 is 26.0. The number of carbonyl (C=O) groups excluding carboxylic acids is 2. The number of hydrogen-bond acceptors (Lipinski definition) is 5. The van der Waals surface area contributed by atoms with Crippen molar-refractivity contribution in [2.75, 3.05) is 6.54 Å². The van der Waals surface area contributed by atoms with Gasteiger partial charge in [-0.1, -0.05) is 11.6 Å². The van der Waals surface area contributed by atoms with Gasteiger partial charge in [-0.3, -0.25) is 4.79 Å². The molecule has 0 spiro atoms. The first kappa shape index (κ1) is 19.7.